The van der Waals surface area contributed by atoms with Gasteiger partial charge in [-0.3, -0.25) is 4.79 Å². The van der Waals surface area contributed by atoms with Crippen LogP contribution < -0.4 is 14.4 Å². The lowest BCUT2D eigenvalue weighted by atomic mass is 10.1. The fourth-order valence-corrected chi connectivity index (χ4v) is 4.93. The van der Waals surface area contributed by atoms with Gasteiger partial charge in [0.15, 0.2) is 0 Å². The van der Waals surface area contributed by atoms with Crippen molar-refractivity contribution in [3.63, 3.8) is 0 Å². The average Bonchev–Trinajstić information content (AvgIpc) is 3.45. The van der Waals surface area contributed by atoms with Crippen molar-refractivity contribution in [2.75, 3.05) is 24.7 Å². The van der Waals surface area contributed by atoms with Gasteiger partial charge in [-0.1, -0.05) is 24.3 Å². The lowest BCUT2D eigenvalue weighted by Crippen LogP contribution is -2.24. The number of carbonyl (C=O) groups is 1. The van der Waals surface area contributed by atoms with E-state index >= 15 is 0 Å². The van der Waals surface area contributed by atoms with Crippen LogP contribution >= 0.6 is 0 Å². The Bertz CT molecular complexity index is 1330. The zero-order chi connectivity index (χ0) is 24.9. The molecule has 0 saturated carbocycles. The second kappa shape index (κ2) is 10.9. The Hall–Kier alpha value is -3.80. The minimum Gasteiger partial charge on any atom is -0.494 e. The normalized spacial score (nSPS) is 15.6. The molecule has 3 aromatic carbocycles. The molecule has 1 aliphatic heterocycles. The smallest absolute Gasteiger partial charge is 0.227 e. The summed E-state index contributed by atoms with van der Waals surface area (Å²) >= 11 is 0. The Morgan fingerprint density at radius 3 is 2.58 bits per heavy atom. The lowest BCUT2D eigenvalue weighted by molar-refractivity contribution is -0.117. The Balaban J connectivity index is 1.28. The van der Waals surface area contributed by atoms with Crippen LogP contribution in [0.3, 0.4) is 0 Å². The van der Waals surface area contributed by atoms with Crippen LogP contribution in [-0.2, 0) is 11.3 Å². The Kier molecular flexibility index (Phi) is 7.21. The van der Waals surface area contributed by atoms with Gasteiger partial charge < -0.3 is 18.9 Å². The second-order valence-electron chi connectivity index (χ2n) is 9.31. The number of nitrogens with zero attached hydrogens (tertiary/aromatic N) is 3. The Labute approximate surface area is 212 Å². The molecule has 5 rings (SSSR count). The molecule has 1 atom stereocenters. The van der Waals surface area contributed by atoms with Crippen molar-refractivity contribution in [1.82, 2.24) is 9.55 Å². The molecule has 1 saturated heterocycles. The predicted molar refractivity (Wildman–Crippen MR) is 143 cm³/mol. The summed E-state index contributed by atoms with van der Waals surface area (Å²) < 4.78 is 13.8. The third-order valence-corrected chi connectivity index (χ3v) is 6.67. The van der Waals surface area contributed by atoms with E-state index < -0.39 is 0 Å². The van der Waals surface area contributed by atoms with Crippen molar-refractivity contribution in [3.8, 4) is 11.5 Å². The fourth-order valence-electron chi connectivity index (χ4n) is 4.93. The number of para-hydroxylation sites is 2. The van der Waals surface area contributed by atoms with Crippen LogP contribution in [0.4, 0.5) is 5.69 Å². The van der Waals surface area contributed by atoms with Gasteiger partial charge in [-0.15, -0.1) is 0 Å². The highest BCUT2D eigenvalue weighted by Crippen LogP contribution is 2.34. The van der Waals surface area contributed by atoms with Crippen molar-refractivity contribution >= 4 is 22.6 Å². The fraction of sp³-hybridized carbons (Fsp3) is 0.333. The molecule has 0 aliphatic carbocycles. The summed E-state index contributed by atoms with van der Waals surface area (Å²) in [6.07, 6.45) is 2.39. The zero-order valence-electron chi connectivity index (χ0n) is 21.0. The van der Waals surface area contributed by atoms with Crippen molar-refractivity contribution < 1.29 is 14.3 Å². The van der Waals surface area contributed by atoms with Crippen LogP contribution in [0.1, 0.15) is 43.5 Å². The monoisotopic (exact) mass is 483 g/mol. The van der Waals surface area contributed by atoms with Gasteiger partial charge in [0.1, 0.15) is 17.3 Å². The topological polar surface area (TPSA) is 56.6 Å². The molecule has 186 valence electrons. The van der Waals surface area contributed by atoms with Gasteiger partial charge in [-0.25, -0.2) is 4.98 Å². The zero-order valence-corrected chi connectivity index (χ0v) is 21.0. The number of aromatic nitrogens is 2. The minimum atomic E-state index is 0.0556. The van der Waals surface area contributed by atoms with E-state index in [1.807, 2.05) is 54.3 Å². The van der Waals surface area contributed by atoms with Gasteiger partial charge >= 0.3 is 0 Å². The van der Waals surface area contributed by atoms with E-state index in [4.69, 9.17) is 14.5 Å². The first-order valence-corrected chi connectivity index (χ1v) is 12.8. The Morgan fingerprint density at radius 1 is 0.944 bits per heavy atom. The number of aryl methyl sites for hydroxylation is 2. The van der Waals surface area contributed by atoms with Crippen LogP contribution in [0.5, 0.6) is 11.5 Å². The number of hydrogen-bond donors (Lipinski definition) is 0. The van der Waals surface area contributed by atoms with Crippen LogP contribution in [-0.4, -0.2) is 35.2 Å². The number of fused-ring (bicyclic) bond motifs is 1. The van der Waals surface area contributed by atoms with Crippen LogP contribution in [0.25, 0.3) is 11.0 Å². The number of rotatable bonds is 10. The summed E-state index contributed by atoms with van der Waals surface area (Å²) in [5.74, 6) is 2.92. The number of carbonyl (C=O) groups excluding carboxylic acids is 1. The number of anilines is 1. The number of ether oxygens (including phenoxy) is 2. The molecule has 6 heteroatoms. The van der Waals surface area contributed by atoms with Crippen molar-refractivity contribution in [3.05, 3.63) is 84.2 Å². The highest BCUT2D eigenvalue weighted by atomic mass is 16.5. The number of amides is 1. The molecule has 1 fully saturated rings. The quantitative estimate of drug-likeness (QED) is 0.255. The van der Waals surface area contributed by atoms with E-state index in [9.17, 15) is 4.79 Å². The molecule has 0 bridgehead atoms. The molecule has 1 aromatic heterocycles. The van der Waals surface area contributed by atoms with E-state index in [0.717, 1.165) is 53.4 Å². The van der Waals surface area contributed by atoms with Gasteiger partial charge in [-0.05, 0) is 80.8 Å². The standard InChI is InChI=1S/C30H33N3O3/c1-3-35-25-15-13-24(14-16-25)33-21-23(20-29(33)34)30-31-27-11-4-5-12-28(27)32(30)17-6-7-18-36-26-10-8-9-22(2)19-26/h4-5,8-16,19,23H,3,6-7,17-18,20-21H2,1-2H3. The third kappa shape index (κ3) is 5.23. The van der Waals surface area contributed by atoms with Gasteiger partial charge in [0.25, 0.3) is 0 Å². The summed E-state index contributed by atoms with van der Waals surface area (Å²) in [6.45, 7) is 6.82. The molecule has 1 aliphatic rings. The third-order valence-electron chi connectivity index (χ3n) is 6.67. The van der Waals surface area contributed by atoms with E-state index in [1.54, 1.807) is 0 Å². The number of hydrogen-bond acceptors (Lipinski definition) is 4. The minimum absolute atomic E-state index is 0.0556. The molecular weight excluding hydrogens is 450 g/mol. The van der Waals surface area contributed by atoms with E-state index in [1.165, 1.54) is 5.56 Å². The number of unbranched alkanes of at least 4 members (excludes halogenated alkanes) is 1. The predicted octanol–water partition coefficient (Wildman–Crippen LogP) is 6.12. The highest BCUT2D eigenvalue weighted by molar-refractivity contribution is 5.96. The van der Waals surface area contributed by atoms with Gasteiger partial charge in [-0.2, -0.15) is 0 Å². The van der Waals surface area contributed by atoms with E-state index in [2.05, 4.69) is 41.8 Å². The second-order valence-corrected chi connectivity index (χ2v) is 9.31. The van der Waals surface area contributed by atoms with E-state index in [-0.39, 0.29) is 11.8 Å². The summed E-state index contributed by atoms with van der Waals surface area (Å²) in [4.78, 5) is 19.9. The maximum atomic E-state index is 13.0. The first-order valence-electron chi connectivity index (χ1n) is 12.8. The molecule has 0 radical (unpaired) electrons. The van der Waals surface area contributed by atoms with Gasteiger partial charge in [0, 0.05) is 31.1 Å². The molecule has 6 nitrogen and oxygen atoms in total. The van der Waals surface area contributed by atoms with Crippen molar-refractivity contribution in [2.24, 2.45) is 0 Å². The number of imidazole rings is 1. The summed E-state index contributed by atoms with van der Waals surface area (Å²) in [7, 11) is 0. The number of benzene rings is 3. The molecule has 2 heterocycles. The average molecular weight is 484 g/mol. The van der Waals surface area contributed by atoms with Crippen LogP contribution in [0, 0.1) is 6.92 Å². The van der Waals surface area contributed by atoms with Crippen LogP contribution in [0.15, 0.2) is 72.8 Å². The molecule has 36 heavy (non-hydrogen) atoms. The van der Waals surface area contributed by atoms with Crippen molar-refractivity contribution in [1.29, 1.82) is 0 Å². The lowest BCUT2D eigenvalue weighted by Gasteiger charge is -2.18. The first kappa shape index (κ1) is 23.9. The summed E-state index contributed by atoms with van der Waals surface area (Å²) in [5.41, 5.74) is 4.21. The molecular formula is C30H33N3O3. The maximum Gasteiger partial charge on any atom is 0.227 e. The molecule has 0 N–H and O–H groups in total. The summed E-state index contributed by atoms with van der Waals surface area (Å²) in [6, 6.07) is 24.2. The molecule has 0 spiro atoms. The molecule has 1 unspecified atom stereocenters. The molecule has 1 amide bonds. The van der Waals surface area contributed by atoms with Crippen molar-refractivity contribution in [2.45, 2.75) is 45.6 Å². The highest BCUT2D eigenvalue weighted by Gasteiger charge is 2.34. The SMILES string of the molecule is CCOc1ccc(N2CC(c3nc4ccccc4n3CCCCOc3cccc(C)c3)CC2=O)cc1. The Morgan fingerprint density at radius 2 is 1.78 bits per heavy atom. The molecule has 4 aromatic rings. The van der Waals surface area contributed by atoms with Gasteiger partial charge in [0.2, 0.25) is 5.91 Å². The summed E-state index contributed by atoms with van der Waals surface area (Å²) in [5, 5.41) is 0. The first-order chi connectivity index (χ1) is 17.6. The largest absolute Gasteiger partial charge is 0.494 e. The maximum absolute atomic E-state index is 13.0. The van der Waals surface area contributed by atoms with Crippen LogP contribution in [0.2, 0.25) is 0 Å². The van der Waals surface area contributed by atoms with E-state index in [0.29, 0.717) is 26.2 Å². The van der Waals surface area contributed by atoms with Gasteiger partial charge in [0.05, 0.1) is 24.2 Å².